The van der Waals surface area contributed by atoms with E-state index in [1.165, 1.54) is 32.1 Å². The Balaban J connectivity index is 1.42. The molecule has 0 spiro atoms. The number of allylic oxidation sites excluding steroid dienone is 1. The molecule has 0 aromatic rings. The highest BCUT2D eigenvalue weighted by molar-refractivity contribution is 5.66. The van der Waals surface area contributed by atoms with E-state index in [4.69, 9.17) is 9.47 Å². The fourth-order valence-electron chi connectivity index (χ4n) is 12.1. The Morgan fingerprint density at radius 1 is 0.971 bits per heavy atom. The van der Waals surface area contributed by atoms with Crippen molar-refractivity contribution >= 4 is 5.97 Å². The summed E-state index contributed by atoms with van der Waals surface area (Å²) in [6, 6.07) is 0. The Kier molecular flexibility index (Phi) is 5.02. The summed E-state index contributed by atoms with van der Waals surface area (Å²) in [6.07, 6.45) is 12.1. The molecule has 0 N–H and O–H groups in total. The number of hydrogen-bond donors (Lipinski definition) is 0. The van der Waals surface area contributed by atoms with Gasteiger partial charge >= 0.3 is 5.97 Å². The van der Waals surface area contributed by atoms with Crippen LogP contribution in [0.15, 0.2) is 11.6 Å². The molecular formula is C32H50O3. The molecule has 35 heavy (non-hydrogen) atoms. The van der Waals surface area contributed by atoms with Crippen molar-refractivity contribution in [2.45, 2.75) is 126 Å². The summed E-state index contributed by atoms with van der Waals surface area (Å²) in [4.78, 5) is 11.9. The van der Waals surface area contributed by atoms with Crippen LogP contribution >= 0.6 is 0 Å². The lowest BCUT2D eigenvalue weighted by Crippen LogP contribution is -2.66. The molecule has 0 amide bonds. The van der Waals surface area contributed by atoms with Gasteiger partial charge in [0.1, 0.15) is 6.10 Å². The highest BCUT2D eigenvalue weighted by atomic mass is 16.6. The Labute approximate surface area is 214 Å². The molecule has 12 unspecified atom stereocenters. The van der Waals surface area contributed by atoms with E-state index >= 15 is 0 Å². The van der Waals surface area contributed by atoms with Crippen molar-refractivity contribution in [1.82, 2.24) is 0 Å². The molecule has 6 rings (SSSR count). The fraction of sp³-hybridized carbons (Fsp3) is 0.906. The zero-order valence-electron chi connectivity index (χ0n) is 23.9. The van der Waals surface area contributed by atoms with Crippen molar-refractivity contribution in [3.63, 3.8) is 0 Å². The summed E-state index contributed by atoms with van der Waals surface area (Å²) >= 11 is 0. The van der Waals surface area contributed by atoms with Gasteiger partial charge in [0, 0.05) is 23.7 Å². The van der Waals surface area contributed by atoms with Crippen molar-refractivity contribution in [2.24, 2.45) is 56.7 Å². The Morgan fingerprint density at radius 3 is 2.37 bits per heavy atom. The van der Waals surface area contributed by atoms with Crippen molar-refractivity contribution in [1.29, 1.82) is 0 Å². The Morgan fingerprint density at radius 2 is 1.69 bits per heavy atom. The van der Waals surface area contributed by atoms with Crippen LogP contribution in [0.3, 0.4) is 0 Å². The molecule has 0 bridgehead atoms. The van der Waals surface area contributed by atoms with Crippen LogP contribution < -0.4 is 0 Å². The number of esters is 1. The lowest BCUT2D eigenvalue weighted by atomic mass is 9.34. The molecule has 3 nitrogen and oxygen atoms in total. The topological polar surface area (TPSA) is 38.8 Å². The predicted molar refractivity (Wildman–Crippen MR) is 140 cm³/mol. The van der Waals surface area contributed by atoms with Crippen LogP contribution in [-0.2, 0) is 14.3 Å². The summed E-state index contributed by atoms with van der Waals surface area (Å²) in [7, 11) is 0. The second-order valence-corrected chi connectivity index (χ2v) is 15.6. The first kappa shape index (κ1) is 24.5. The molecule has 1 heterocycles. The first-order chi connectivity index (χ1) is 16.2. The molecule has 12 atom stereocenters. The maximum absolute atomic E-state index is 11.9. The lowest BCUT2D eigenvalue weighted by molar-refractivity contribution is -0.196. The molecule has 1 saturated heterocycles. The van der Waals surface area contributed by atoms with Gasteiger partial charge in [-0.3, -0.25) is 4.79 Å². The summed E-state index contributed by atoms with van der Waals surface area (Å²) in [5.41, 5.74) is 2.79. The van der Waals surface area contributed by atoms with Gasteiger partial charge in [-0.05, 0) is 84.9 Å². The molecule has 0 aromatic carbocycles. The van der Waals surface area contributed by atoms with Crippen molar-refractivity contribution < 1.29 is 14.3 Å². The van der Waals surface area contributed by atoms with Gasteiger partial charge in [0.2, 0.25) is 0 Å². The van der Waals surface area contributed by atoms with Gasteiger partial charge in [-0.15, -0.1) is 0 Å². The summed E-state index contributed by atoms with van der Waals surface area (Å²) in [5.74, 6) is 3.26. The molecule has 0 radical (unpaired) electrons. The average molecular weight is 483 g/mol. The molecule has 1 aliphatic heterocycles. The van der Waals surface area contributed by atoms with E-state index in [1.807, 2.05) is 0 Å². The Hall–Kier alpha value is -0.830. The van der Waals surface area contributed by atoms with Gasteiger partial charge in [-0.25, -0.2) is 0 Å². The molecule has 196 valence electrons. The SMILES string of the molecule is CC(=O)OC1CCC2(C)C3C4OC4C4(C)C(=CCC5(C)CCC(C)C(C)C54)C3(C)CCC2C1(C)C. The van der Waals surface area contributed by atoms with E-state index < -0.39 is 0 Å². The molecule has 6 aliphatic rings. The van der Waals surface area contributed by atoms with Gasteiger partial charge in [-0.2, -0.15) is 0 Å². The average Bonchev–Trinajstić information content (AvgIpc) is 3.53. The third-order valence-corrected chi connectivity index (χ3v) is 13.5. The number of epoxide rings is 1. The van der Waals surface area contributed by atoms with Crippen LogP contribution in [0.25, 0.3) is 0 Å². The quantitative estimate of drug-likeness (QED) is 0.220. The monoisotopic (exact) mass is 482 g/mol. The van der Waals surface area contributed by atoms with E-state index in [-0.39, 0.29) is 33.7 Å². The molecule has 5 fully saturated rings. The maximum Gasteiger partial charge on any atom is 0.302 e. The summed E-state index contributed by atoms with van der Waals surface area (Å²) in [6.45, 7) is 21.8. The number of fused-ring (bicyclic) bond motifs is 10. The number of carbonyl (C=O) groups is 1. The zero-order chi connectivity index (χ0) is 25.3. The summed E-state index contributed by atoms with van der Waals surface area (Å²) < 4.78 is 12.8. The van der Waals surface area contributed by atoms with Crippen LogP contribution in [-0.4, -0.2) is 24.3 Å². The van der Waals surface area contributed by atoms with Gasteiger partial charge in [0.15, 0.2) is 0 Å². The van der Waals surface area contributed by atoms with E-state index in [0.717, 1.165) is 24.7 Å². The molecule has 4 saturated carbocycles. The van der Waals surface area contributed by atoms with Crippen LogP contribution in [0.2, 0.25) is 0 Å². The van der Waals surface area contributed by atoms with Gasteiger partial charge in [0.05, 0.1) is 12.2 Å². The molecular weight excluding hydrogens is 432 g/mol. The first-order valence-corrected chi connectivity index (χ1v) is 14.7. The highest BCUT2D eigenvalue weighted by Gasteiger charge is 2.77. The first-order valence-electron chi connectivity index (χ1n) is 14.7. The van der Waals surface area contributed by atoms with E-state index in [1.54, 1.807) is 12.5 Å². The minimum Gasteiger partial charge on any atom is -0.462 e. The van der Waals surface area contributed by atoms with Gasteiger partial charge < -0.3 is 9.47 Å². The van der Waals surface area contributed by atoms with E-state index in [2.05, 4.69) is 61.5 Å². The second-order valence-electron chi connectivity index (χ2n) is 15.6. The van der Waals surface area contributed by atoms with Gasteiger partial charge in [0.25, 0.3) is 0 Å². The smallest absolute Gasteiger partial charge is 0.302 e. The van der Waals surface area contributed by atoms with Crippen molar-refractivity contribution in [2.75, 3.05) is 0 Å². The molecule has 3 heteroatoms. The maximum atomic E-state index is 11.9. The molecule has 5 aliphatic carbocycles. The number of ether oxygens (including phenoxy) is 2. The van der Waals surface area contributed by atoms with Crippen LogP contribution in [0.5, 0.6) is 0 Å². The third kappa shape index (κ3) is 2.91. The van der Waals surface area contributed by atoms with E-state index in [0.29, 0.717) is 35.4 Å². The number of hydrogen-bond acceptors (Lipinski definition) is 3. The van der Waals surface area contributed by atoms with Crippen LogP contribution in [0.4, 0.5) is 0 Å². The number of carbonyl (C=O) groups excluding carboxylic acids is 1. The minimum absolute atomic E-state index is 0.00201. The number of rotatable bonds is 1. The summed E-state index contributed by atoms with van der Waals surface area (Å²) in [5, 5.41) is 0. The van der Waals surface area contributed by atoms with Crippen molar-refractivity contribution in [3.05, 3.63) is 11.6 Å². The largest absolute Gasteiger partial charge is 0.462 e. The second kappa shape index (κ2) is 7.17. The Bertz CT molecular complexity index is 966. The predicted octanol–water partition coefficient (Wildman–Crippen LogP) is 7.58. The van der Waals surface area contributed by atoms with Gasteiger partial charge in [-0.1, -0.05) is 67.0 Å². The minimum atomic E-state index is -0.127. The standard InChI is InChI=1S/C32H50O3/c1-18-10-14-29(6)15-11-22-31(8)16-12-21-28(4,5)23(34-20(3)33)13-17-30(21,7)26(31)24-27(35-24)32(22,9)25(29)19(18)2/h11,18-19,21,23-27H,10,12-17H2,1-9H3. The highest BCUT2D eigenvalue weighted by Crippen LogP contribution is 2.78. The van der Waals surface area contributed by atoms with Crippen molar-refractivity contribution in [3.8, 4) is 0 Å². The zero-order valence-corrected chi connectivity index (χ0v) is 23.9. The van der Waals surface area contributed by atoms with Crippen LogP contribution in [0, 0.1) is 56.7 Å². The normalized spacial score (nSPS) is 57.9. The lowest BCUT2D eigenvalue weighted by Gasteiger charge is -2.69. The fourth-order valence-corrected chi connectivity index (χ4v) is 12.1. The molecule has 0 aromatic heterocycles. The third-order valence-electron chi connectivity index (χ3n) is 13.5. The van der Waals surface area contributed by atoms with E-state index in [9.17, 15) is 4.79 Å². The van der Waals surface area contributed by atoms with Crippen LogP contribution in [0.1, 0.15) is 107 Å².